The van der Waals surface area contributed by atoms with Crippen LogP contribution in [0.1, 0.15) is 19.8 Å². The maximum absolute atomic E-state index is 5.57. The fourth-order valence-corrected chi connectivity index (χ4v) is 2.62. The smallest absolute Gasteiger partial charge is 0.0664 e. The fourth-order valence-electron chi connectivity index (χ4n) is 1.85. The van der Waals surface area contributed by atoms with Crippen LogP contribution in [-0.4, -0.2) is 32.1 Å². The average Bonchev–Trinajstić information content (AvgIpc) is 2.39. The molecule has 3 nitrogen and oxygen atoms in total. The molecular formula is C14H24N2OS. The van der Waals surface area contributed by atoms with Gasteiger partial charge in [-0.15, -0.1) is 11.8 Å². The summed E-state index contributed by atoms with van der Waals surface area (Å²) in [5.74, 6) is 1.08. The van der Waals surface area contributed by atoms with E-state index < -0.39 is 0 Å². The first kappa shape index (κ1) is 15.3. The SMILES string of the molecule is CCSc1ccccc1NC(CCCN)COC. The number of nitrogens with two attached hydrogens (primary N) is 1. The monoisotopic (exact) mass is 268 g/mol. The summed E-state index contributed by atoms with van der Waals surface area (Å²) in [7, 11) is 1.74. The lowest BCUT2D eigenvalue weighted by molar-refractivity contribution is 0.182. The Morgan fingerprint density at radius 3 is 2.83 bits per heavy atom. The summed E-state index contributed by atoms with van der Waals surface area (Å²) in [5.41, 5.74) is 6.77. The molecule has 1 aromatic carbocycles. The molecule has 0 aliphatic heterocycles. The van der Waals surface area contributed by atoms with Gasteiger partial charge in [0.25, 0.3) is 0 Å². The van der Waals surface area contributed by atoms with Gasteiger partial charge in [-0.05, 0) is 37.3 Å². The van der Waals surface area contributed by atoms with Crippen LogP contribution in [0.15, 0.2) is 29.2 Å². The molecule has 1 atom stereocenters. The Kier molecular flexibility index (Phi) is 7.89. The lowest BCUT2D eigenvalue weighted by atomic mass is 10.1. The first-order valence-corrected chi connectivity index (χ1v) is 7.47. The standard InChI is InChI=1S/C14H24N2OS/c1-3-18-14-9-5-4-8-13(14)16-12(11-17-2)7-6-10-15/h4-5,8-9,12,16H,3,6-7,10-11,15H2,1-2H3. The lowest BCUT2D eigenvalue weighted by Crippen LogP contribution is -2.26. The normalized spacial score (nSPS) is 12.4. The minimum absolute atomic E-state index is 0.331. The number of methoxy groups -OCH3 is 1. The Hall–Kier alpha value is -0.710. The van der Waals surface area contributed by atoms with E-state index in [-0.39, 0.29) is 0 Å². The molecule has 0 saturated carbocycles. The number of hydrogen-bond donors (Lipinski definition) is 2. The molecule has 1 rings (SSSR count). The van der Waals surface area contributed by atoms with Crippen LogP contribution in [0.25, 0.3) is 0 Å². The number of ether oxygens (including phenoxy) is 1. The number of benzene rings is 1. The van der Waals surface area contributed by atoms with Gasteiger partial charge in [-0.1, -0.05) is 19.1 Å². The van der Waals surface area contributed by atoms with E-state index in [2.05, 4.69) is 36.5 Å². The van der Waals surface area contributed by atoms with Gasteiger partial charge in [-0.3, -0.25) is 0 Å². The van der Waals surface area contributed by atoms with Crippen LogP contribution in [0, 0.1) is 0 Å². The van der Waals surface area contributed by atoms with Crippen LogP contribution >= 0.6 is 11.8 Å². The van der Waals surface area contributed by atoms with E-state index >= 15 is 0 Å². The second-order valence-corrected chi connectivity index (χ2v) is 5.46. The number of thioether (sulfide) groups is 1. The van der Waals surface area contributed by atoms with Crippen molar-refractivity contribution in [2.24, 2.45) is 5.73 Å². The van der Waals surface area contributed by atoms with Gasteiger partial charge >= 0.3 is 0 Å². The van der Waals surface area contributed by atoms with Crippen LogP contribution in [0.2, 0.25) is 0 Å². The Labute approximate surface area is 114 Å². The number of hydrogen-bond acceptors (Lipinski definition) is 4. The zero-order chi connectivity index (χ0) is 13.2. The maximum atomic E-state index is 5.57. The van der Waals surface area contributed by atoms with Crippen molar-refractivity contribution in [3.63, 3.8) is 0 Å². The number of rotatable bonds is 9. The van der Waals surface area contributed by atoms with Crippen LogP contribution in [0.4, 0.5) is 5.69 Å². The summed E-state index contributed by atoms with van der Waals surface area (Å²) in [6, 6.07) is 8.76. The average molecular weight is 268 g/mol. The number of anilines is 1. The van der Waals surface area contributed by atoms with Crippen molar-refractivity contribution in [2.75, 3.05) is 31.3 Å². The molecule has 1 aromatic rings. The fraction of sp³-hybridized carbons (Fsp3) is 0.571. The first-order valence-electron chi connectivity index (χ1n) is 6.49. The van der Waals surface area contributed by atoms with Gasteiger partial charge < -0.3 is 15.8 Å². The molecule has 0 bridgehead atoms. The van der Waals surface area contributed by atoms with Crippen molar-refractivity contribution >= 4 is 17.4 Å². The highest BCUT2D eigenvalue weighted by Gasteiger charge is 2.10. The first-order chi connectivity index (χ1) is 8.81. The third kappa shape index (κ3) is 5.29. The van der Waals surface area contributed by atoms with E-state index in [0.717, 1.165) is 25.1 Å². The van der Waals surface area contributed by atoms with Gasteiger partial charge in [-0.25, -0.2) is 0 Å². The Morgan fingerprint density at radius 1 is 1.39 bits per heavy atom. The van der Waals surface area contributed by atoms with Gasteiger partial charge in [0.1, 0.15) is 0 Å². The quantitative estimate of drug-likeness (QED) is 0.676. The summed E-state index contributed by atoms with van der Waals surface area (Å²) in [6.45, 7) is 3.61. The van der Waals surface area contributed by atoms with Crippen LogP contribution in [0.3, 0.4) is 0 Å². The van der Waals surface area contributed by atoms with E-state index in [0.29, 0.717) is 12.6 Å². The van der Waals surface area contributed by atoms with Crippen molar-refractivity contribution in [3.05, 3.63) is 24.3 Å². The topological polar surface area (TPSA) is 47.3 Å². The molecule has 0 fully saturated rings. The van der Waals surface area contributed by atoms with Gasteiger partial charge in [0.05, 0.1) is 6.61 Å². The Morgan fingerprint density at radius 2 is 2.17 bits per heavy atom. The van der Waals surface area contributed by atoms with Gasteiger partial charge in [0.2, 0.25) is 0 Å². The summed E-state index contributed by atoms with van der Waals surface area (Å²) >= 11 is 1.86. The van der Waals surface area contributed by atoms with E-state index in [1.807, 2.05) is 11.8 Å². The van der Waals surface area contributed by atoms with Gasteiger partial charge in [-0.2, -0.15) is 0 Å². The molecule has 0 spiro atoms. The Balaban J connectivity index is 2.66. The molecule has 0 aliphatic carbocycles. The van der Waals surface area contributed by atoms with E-state index in [1.165, 1.54) is 10.6 Å². The van der Waals surface area contributed by atoms with Crippen molar-refractivity contribution in [2.45, 2.75) is 30.7 Å². The van der Waals surface area contributed by atoms with Crippen LogP contribution < -0.4 is 11.1 Å². The van der Waals surface area contributed by atoms with Crippen LogP contribution in [-0.2, 0) is 4.74 Å². The van der Waals surface area contributed by atoms with Gasteiger partial charge in [0.15, 0.2) is 0 Å². The minimum atomic E-state index is 0.331. The molecular weight excluding hydrogens is 244 g/mol. The van der Waals surface area contributed by atoms with Crippen LogP contribution in [0.5, 0.6) is 0 Å². The molecule has 102 valence electrons. The maximum Gasteiger partial charge on any atom is 0.0664 e. The van der Waals surface area contributed by atoms with E-state index in [9.17, 15) is 0 Å². The summed E-state index contributed by atoms with van der Waals surface area (Å²) < 4.78 is 5.26. The van der Waals surface area contributed by atoms with Crippen molar-refractivity contribution in [1.82, 2.24) is 0 Å². The molecule has 3 N–H and O–H groups in total. The largest absolute Gasteiger partial charge is 0.383 e. The molecule has 0 aromatic heterocycles. The summed E-state index contributed by atoms with van der Waals surface area (Å²) in [5, 5.41) is 3.57. The zero-order valence-electron chi connectivity index (χ0n) is 11.3. The molecule has 4 heteroatoms. The second-order valence-electron chi connectivity index (χ2n) is 4.16. The Bertz CT molecular complexity index is 333. The molecule has 0 saturated heterocycles. The van der Waals surface area contributed by atoms with Crippen molar-refractivity contribution < 1.29 is 4.74 Å². The molecule has 0 radical (unpaired) electrons. The van der Waals surface area contributed by atoms with E-state index in [1.54, 1.807) is 7.11 Å². The van der Waals surface area contributed by atoms with E-state index in [4.69, 9.17) is 10.5 Å². The second kappa shape index (κ2) is 9.25. The predicted molar refractivity (Wildman–Crippen MR) is 80.4 cm³/mol. The van der Waals surface area contributed by atoms with Gasteiger partial charge in [0, 0.05) is 23.7 Å². The summed E-state index contributed by atoms with van der Waals surface area (Å²) in [4.78, 5) is 1.30. The third-order valence-electron chi connectivity index (χ3n) is 2.67. The van der Waals surface area contributed by atoms with Crippen molar-refractivity contribution in [3.8, 4) is 0 Å². The predicted octanol–water partition coefficient (Wildman–Crippen LogP) is 2.96. The number of para-hydroxylation sites is 1. The minimum Gasteiger partial charge on any atom is -0.383 e. The highest BCUT2D eigenvalue weighted by Crippen LogP contribution is 2.27. The highest BCUT2D eigenvalue weighted by atomic mass is 32.2. The molecule has 0 amide bonds. The highest BCUT2D eigenvalue weighted by molar-refractivity contribution is 7.99. The molecule has 1 unspecified atom stereocenters. The summed E-state index contributed by atoms with van der Waals surface area (Å²) in [6.07, 6.45) is 2.06. The molecule has 0 aliphatic rings. The zero-order valence-corrected chi connectivity index (χ0v) is 12.1. The third-order valence-corrected chi connectivity index (χ3v) is 3.63. The lowest BCUT2D eigenvalue weighted by Gasteiger charge is -2.20. The number of nitrogens with one attached hydrogen (secondary N) is 1. The molecule has 0 heterocycles. The molecule has 18 heavy (non-hydrogen) atoms. The van der Waals surface area contributed by atoms with Crippen molar-refractivity contribution in [1.29, 1.82) is 0 Å².